The number of piperidine rings is 1. The van der Waals surface area contributed by atoms with Gasteiger partial charge < -0.3 is 15.5 Å². The zero-order valence-corrected chi connectivity index (χ0v) is 22.2. The molecule has 1 atom stereocenters. The number of likely N-dealkylation sites (N-methyl/N-ethyl adjacent to an activating group) is 1. The number of benzene rings is 2. The molecule has 0 aliphatic carbocycles. The van der Waals surface area contributed by atoms with Crippen molar-refractivity contribution in [3.8, 4) is 11.3 Å². The average molecular weight is 547 g/mol. The second-order valence-electron chi connectivity index (χ2n) is 10.0. The zero-order chi connectivity index (χ0) is 28.3. The Morgan fingerprint density at radius 3 is 2.65 bits per heavy atom. The van der Waals surface area contributed by atoms with Crippen LogP contribution in [0.5, 0.6) is 0 Å². The SMILES string of the molecule is Cc1ccc(C(=O)Nc2ccc(C3CCCN(C)C3)cc2C(F)(F)F)cc1Nc1nccc(-c2cccnc2)n1. The maximum atomic E-state index is 14.1. The van der Waals surface area contributed by atoms with Gasteiger partial charge in [-0.2, -0.15) is 13.2 Å². The summed E-state index contributed by atoms with van der Waals surface area (Å²) in [6, 6.07) is 14.5. The fourth-order valence-electron chi connectivity index (χ4n) is 4.90. The van der Waals surface area contributed by atoms with Gasteiger partial charge in [-0.3, -0.25) is 9.78 Å². The van der Waals surface area contributed by atoms with Crippen LogP contribution in [0.4, 0.5) is 30.5 Å². The monoisotopic (exact) mass is 546 g/mol. The van der Waals surface area contributed by atoms with Crippen LogP contribution in [0.3, 0.4) is 0 Å². The first-order valence-corrected chi connectivity index (χ1v) is 13.0. The quantitative estimate of drug-likeness (QED) is 0.281. The number of nitrogens with one attached hydrogen (secondary N) is 2. The first-order valence-electron chi connectivity index (χ1n) is 13.0. The number of pyridine rings is 1. The van der Waals surface area contributed by atoms with Gasteiger partial charge in [-0.05, 0) is 92.9 Å². The Bertz CT molecular complexity index is 1510. The molecular formula is C30H29F3N6O. The van der Waals surface area contributed by atoms with Crippen molar-refractivity contribution in [2.75, 3.05) is 30.8 Å². The summed E-state index contributed by atoms with van der Waals surface area (Å²) in [5.41, 5.74) is 2.56. The molecule has 1 amide bonds. The third-order valence-corrected chi connectivity index (χ3v) is 7.05. The van der Waals surface area contributed by atoms with Crippen LogP contribution in [-0.4, -0.2) is 45.9 Å². The van der Waals surface area contributed by atoms with E-state index in [9.17, 15) is 18.0 Å². The molecule has 0 bridgehead atoms. The molecule has 0 spiro atoms. The summed E-state index contributed by atoms with van der Waals surface area (Å²) in [5, 5.41) is 5.60. The van der Waals surface area contributed by atoms with Crippen molar-refractivity contribution in [2.45, 2.75) is 31.9 Å². The molecule has 10 heteroatoms. The Labute approximate surface area is 230 Å². The van der Waals surface area contributed by atoms with E-state index in [4.69, 9.17) is 0 Å². The first-order chi connectivity index (χ1) is 19.2. The van der Waals surface area contributed by atoms with Crippen molar-refractivity contribution in [2.24, 2.45) is 0 Å². The van der Waals surface area contributed by atoms with Crippen molar-refractivity contribution in [1.82, 2.24) is 19.9 Å². The summed E-state index contributed by atoms with van der Waals surface area (Å²) >= 11 is 0. The van der Waals surface area contributed by atoms with Crippen LogP contribution in [0.2, 0.25) is 0 Å². The summed E-state index contributed by atoms with van der Waals surface area (Å²) in [7, 11) is 1.97. The minimum absolute atomic E-state index is 0.0224. The lowest BCUT2D eigenvalue weighted by molar-refractivity contribution is -0.137. The Hall–Kier alpha value is -4.31. The Morgan fingerprint density at radius 2 is 1.90 bits per heavy atom. The number of carbonyl (C=O) groups is 1. The molecule has 3 heterocycles. The van der Waals surface area contributed by atoms with Gasteiger partial charge in [0.05, 0.1) is 16.9 Å². The summed E-state index contributed by atoms with van der Waals surface area (Å²) < 4.78 is 42.2. The van der Waals surface area contributed by atoms with Crippen LogP contribution in [0.1, 0.15) is 45.8 Å². The third kappa shape index (κ3) is 6.28. The molecule has 5 rings (SSSR count). The van der Waals surface area contributed by atoms with Crippen LogP contribution in [0.25, 0.3) is 11.3 Å². The number of likely N-dealkylation sites (tertiary alicyclic amines) is 1. The van der Waals surface area contributed by atoms with E-state index in [2.05, 4.69) is 30.5 Å². The summed E-state index contributed by atoms with van der Waals surface area (Å²) in [6.45, 7) is 3.49. The van der Waals surface area contributed by atoms with E-state index in [0.29, 0.717) is 29.4 Å². The van der Waals surface area contributed by atoms with E-state index in [0.717, 1.165) is 30.5 Å². The van der Waals surface area contributed by atoms with Crippen LogP contribution >= 0.6 is 0 Å². The van der Waals surface area contributed by atoms with E-state index in [1.54, 1.807) is 48.9 Å². The molecule has 1 saturated heterocycles. The number of carbonyl (C=O) groups excluding carboxylic acids is 1. The number of anilines is 3. The third-order valence-electron chi connectivity index (χ3n) is 7.05. The molecule has 1 aliphatic rings. The van der Waals surface area contributed by atoms with Crippen molar-refractivity contribution in [1.29, 1.82) is 0 Å². The molecule has 40 heavy (non-hydrogen) atoms. The van der Waals surface area contributed by atoms with Gasteiger partial charge in [-0.15, -0.1) is 0 Å². The van der Waals surface area contributed by atoms with Gasteiger partial charge in [-0.25, -0.2) is 9.97 Å². The maximum Gasteiger partial charge on any atom is 0.418 e. The van der Waals surface area contributed by atoms with Gasteiger partial charge in [0.15, 0.2) is 0 Å². The van der Waals surface area contributed by atoms with Crippen LogP contribution in [0, 0.1) is 6.92 Å². The molecule has 1 fully saturated rings. The van der Waals surface area contributed by atoms with Crippen LogP contribution < -0.4 is 10.6 Å². The second-order valence-corrected chi connectivity index (χ2v) is 10.0. The minimum Gasteiger partial charge on any atom is -0.324 e. The van der Waals surface area contributed by atoms with E-state index in [-0.39, 0.29) is 17.2 Å². The Kier molecular flexibility index (Phi) is 7.79. The largest absolute Gasteiger partial charge is 0.418 e. The smallest absolute Gasteiger partial charge is 0.324 e. The van der Waals surface area contributed by atoms with Gasteiger partial charge >= 0.3 is 6.18 Å². The lowest BCUT2D eigenvalue weighted by atomic mass is 9.89. The summed E-state index contributed by atoms with van der Waals surface area (Å²) in [5.74, 6) is -0.316. The number of amides is 1. The molecule has 4 aromatic rings. The molecular weight excluding hydrogens is 517 g/mol. The number of hydrogen-bond acceptors (Lipinski definition) is 6. The average Bonchev–Trinajstić information content (AvgIpc) is 2.94. The molecule has 2 aromatic heterocycles. The molecule has 1 aliphatic heterocycles. The predicted molar refractivity (Wildman–Crippen MR) is 149 cm³/mol. The van der Waals surface area contributed by atoms with Gasteiger partial charge in [0.25, 0.3) is 5.91 Å². The summed E-state index contributed by atoms with van der Waals surface area (Å²) in [6.07, 6.45) is 2.13. The van der Waals surface area contributed by atoms with E-state index < -0.39 is 17.6 Å². The normalized spacial score (nSPS) is 16.0. The van der Waals surface area contributed by atoms with Gasteiger partial charge in [-0.1, -0.05) is 12.1 Å². The highest BCUT2D eigenvalue weighted by Gasteiger charge is 2.35. The topological polar surface area (TPSA) is 83.0 Å². The number of aryl methyl sites for hydroxylation is 1. The lowest BCUT2D eigenvalue weighted by Crippen LogP contribution is -2.31. The van der Waals surface area contributed by atoms with Crippen LogP contribution in [-0.2, 0) is 6.18 Å². The fourth-order valence-corrected chi connectivity index (χ4v) is 4.90. The van der Waals surface area contributed by atoms with Crippen molar-refractivity contribution in [3.63, 3.8) is 0 Å². The number of nitrogens with zero attached hydrogens (tertiary/aromatic N) is 4. The van der Waals surface area contributed by atoms with Crippen LogP contribution in [0.15, 0.2) is 73.2 Å². The molecule has 2 aromatic carbocycles. The van der Waals surface area contributed by atoms with Crippen molar-refractivity contribution in [3.05, 3.63) is 95.4 Å². The number of alkyl halides is 3. The minimum atomic E-state index is -4.62. The summed E-state index contributed by atoms with van der Waals surface area (Å²) in [4.78, 5) is 28.1. The van der Waals surface area contributed by atoms with Crippen molar-refractivity contribution >= 4 is 23.2 Å². The van der Waals surface area contributed by atoms with Gasteiger partial charge in [0, 0.05) is 41.9 Å². The first kappa shape index (κ1) is 27.3. The second kappa shape index (κ2) is 11.4. The highest BCUT2D eigenvalue weighted by Crippen LogP contribution is 2.38. The van der Waals surface area contributed by atoms with Gasteiger partial charge in [0.1, 0.15) is 0 Å². The molecule has 7 nitrogen and oxygen atoms in total. The van der Waals surface area contributed by atoms with Crippen molar-refractivity contribution < 1.29 is 18.0 Å². The van der Waals surface area contributed by atoms with E-state index in [1.807, 2.05) is 26.1 Å². The predicted octanol–water partition coefficient (Wildman–Crippen LogP) is 6.67. The molecule has 2 N–H and O–H groups in total. The Morgan fingerprint density at radius 1 is 1.05 bits per heavy atom. The fraction of sp³-hybridized carbons (Fsp3) is 0.267. The lowest BCUT2D eigenvalue weighted by Gasteiger charge is -2.30. The van der Waals surface area contributed by atoms with E-state index >= 15 is 0 Å². The maximum absolute atomic E-state index is 14.1. The highest BCUT2D eigenvalue weighted by molar-refractivity contribution is 6.05. The van der Waals surface area contributed by atoms with Gasteiger partial charge in [0.2, 0.25) is 5.95 Å². The van der Waals surface area contributed by atoms with E-state index in [1.165, 1.54) is 12.1 Å². The standard InChI is InChI=1S/C30H29F3N6O/c1-19-7-8-21(16-27(19)38-29-35-13-11-25(37-29)22-5-3-12-34-17-22)28(40)36-26-10-9-20(15-24(26)30(31,32)33)23-6-4-14-39(2)18-23/h3,5,7-13,15-17,23H,4,6,14,18H2,1-2H3,(H,36,40)(H,35,37,38). The molecule has 0 saturated carbocycles. The number of halogens is 3. The number of rotatable bonds is 6. The molecule has 1 unspecified atom stereocenters. The number of aromatic nitrogens is 3. The highest BCUT2D eigenvalue weighted by atomic mass is 19.4. The zero-order valence-electron chi connectivity index (χ0n) is 22.2. The number of hydrogen-bond donors (Lipinski definition) is 2. The Balaban J connectivity index is 1.37. The molecule has 206 valence electrons. The molecule has 0 radical (unpaired) electrons.